The largest absolute Gasteiger partial charge is 0.481 e. The van der Waals surface area contributed by atoms with Crippen LogP contribution in [0.5, 0.6) is 0 Å². The normalized spacial score (nSPS) is 17.8. The average molecular weight is 767 g/mol. The van der Waals surface area contributed by atoms with Gasteiger partial charge in [-0.1, -0.05) is 140 Å². The van der Waals surface area contributed by atoms with Crippen molar-refractivity contribution in [3.63, 3.8) is 0 Å². The number of ketones is 1. The third-order valence-corrected chi connectivity index (χ3v) is 10.8. The van der Waals surface area contributed by atoms with E-state index in [1.54, 1.807) is 88.4 Å². The minimum atomic E-state index is -1.41. The molecule has 3 N–H and O–H groups in total. The van der Waals surface area contributed by atoms with Gasteiger partial charge < -0.3 is 15.5 Å². The lowest BCUT2D eigenvalue weighted by Gasteiger charge is -2.43. The number of nitrogens with one attached hydrogen (secondary N) is 1. The third-order valence-electron chi connectivity index (χ3n) is 10.8. The van der Waals surface area contributed by atoms with E-state index < -0.39 is 75.5 Å². The summed E-state index contributed by atoms with van der Waals surface area (Å²) < 4.78 is 0. The van der Waals surface area contributed by atoms with E-state index in [0.717, 1.165) is 0 Å². The summed E-state index contributed by atoms with van der Waals surface area (Å²) in [5, 5.41) is 24.0. The van der Waals surface area contributed by atoms with Crippen molar-refractivity contribution in [1.82, 2.24) is 0 Å². The number of Topliss-reactive ketones (excluding diaryl/α,β-unsaturated/α-hetero) is 1. The number of carbonyl (C=O) groups excluding carboxylic acids is 4. The monoisotopic (exact) mass is 767 g/mol. The molecule has 10 nitrogen and oxygen atoms in total. The fraction of sp³-hybridized carbons (Fsp3) is 0.600. The van der Waals surface area contributed by atoms with Crippen LogP contribution in [0.2, 0.25) is 0 Å². The molecule has 1 saturated heterocycles. The van der Waals surface area contributed by atoms with Crippen LogP contribution in [0.3, 0.4) is 0 Å². The molecule has 0 radical (unpaired) electrons. The van der Waals surface area contributed by atoms with Gasteiger partial charge in [-0.2, -0.15) is 0 Å². The minimum Gasteiger partial charge on any atom is -0.481 e. The number of amides is 3. The van der Waals surface area contributed by atoms with E-state index in [4.69, 9.17) is 0 Å². The molecule has 1 aliphatic rings. The summed E-state index contributed by atoms with van der Waals surface area (Å²) in [5.41, 5.74) is -2.20. The van der Waals surface area contributed by atoms with Crippen molar-refractivity contribution in [2.75, 3.05) is 10.2 Å². The lowest BCUT2D eigenvalue weighted by Crippen LogP contribution is -2.48. The maximum absolute atomic E-state index is 14.2. The number of rotatable bonds is 16. The molecule has 0 spiro atoms. The summed E-state index contributed by atoms with van der Waals surface area (Å²) in [7, 11) is 0. The number of carboxylic acid groups (broad SMARTS) is 2. The Morgan fingerprint density at radius 2 is 1.18 bits per heavy atom. The number of benzene rings is 2. The summed E-state index contributed by atoms with van der Waals surface area (Å²) in [6, 6.07) is 17.2. The van der Waals surface area contributed by atoms with Crippen molar-refractivity contribution in [3.8, 4) is 0 Å². The molecule has 6 unspecified atom stereocenters. The molecule has 3 amide bonds. The van der Waals surface area contributed by atoms with Gasteiger partial charge >= 0.3 is 11.9 Å². The molecule has 0 aliphatic carbocycles. The Bertz CT molecular complexity index is 1550. The highest BCUT2D eigenvalue weighted by molar-refractivity contribution is 6.22. The number of anilines is 2. The Hall–Kier alpha value is -4.34. The van der Waals surface area contributed by atoms with E-state index in [9.17, 15) is 39.0 Å². The molecule has 10 heteroatoms. The van der Waals surface area contributed by atoms with Gasteiger partial charge in [-0.3, -0.25) is 33.7 Å². The number of para-hydroxylation sites is 2. The summed E-state index contributed by atoms with van der Waals surface area (Å²) >= 11 is 0. The Morgan fingerprint density at radius 1 is 0.727 bits per heavy atom. The van der Waals surface area contributed by atoms with Gasteiger partial charge in [-0.05, 0) is 60.3 Å². The molecule has 3 rings (SSSR count). The molecular weight excluding hydrogens is 697 g/mol. The number of imide groups is 1. The minimum absolute atomic E-state index is 0.0201. The zero-order chi connectivity index (χ0) is 43.1. The van der Waals surface area contributed by atoms with Gasteiger partial charge in [0, 0.05) is 11.6 Å². The van der Waals surface area contributed by atoms with Gasteiger partial charge in [0.15, 0.2) is 0 Å². The SMILES string of the molecule is CC.CC.CC.CCC(C)(C)C1C(=O)N(c2ccccc2)C(=O)C1CC(C)(C)C(C(=O)O)C(CC(C)(C)C(C(=O)O)C(C)C(C)=O)C(=O)Nc1ccccc1. The molecule has 6 atom stereocenters. The van der Waals surface area contributed by atoms with E-state index in [2.05, 4.69) is 5.32 Å². The molecule has 55 heavy (non-hydrogen) atoms. The van der Waals surface area contributed by atoms with Crippen molar-refractivity contribution >= 4 is 46.8 Å². The number of nitrogens with zero attached hydrogens (tertiary/aromatic N) is 1. The quantitative estimate of drug-likeness (QED) is 0.142. The van der Waals surface area contributed by atoms with Crippen molar-refractivity contribution in [2.24, 2.45) is 51.8 Å². The van der Waals surface area contributed by atoms with Gasteiger partial charge in [-0.25, -0.2) is 0 Å². The highest BCUT2D eigenvalue weighted by Gasteiger charge is 2.57. The molecule has 0 aromatic heterocycles. The van der Waals surface area contributed by atoms with Crippen LogP contribution in [0.25, 0.3) is 0 Å². The number of hydrogen-bond donors (Lipinski definition) is 3. The van der Waals surface area contributed by atoms with Crippen molar-refractivity contribution < 1.29 is 39.0 Å². The van der Waals surface area contributed by atoms with E-state index in [-0.39, 0.29) is 24.5 Å². The molecular formula is C45H70N2O8. The number of carboxylic acids is 2. The van der Waals surface area contributed by atoms with E-state index in [1.807, 2.05) is 62.3 Å². The highest BCUT2D eigenvalue weighted by atomic mass is 16.4. The highest BCUT2D eigenvalue weighted by Crippen LogP contribution is 2.51. The third kappa shape index (κ3) is 12.6. The first-order valence-electron chi connectivity index (χ1n) is 19.9. The van der Waals surface area contributed by atoms with Gasteiger partial charge in [0.25, 0.3) is 0 Å². The summed E-state index contributed by atoms with van der Waals surface area (Å²) in [6.45, 7) is 27.3. The molecule has 1 heterocycles. The first-order valence-corrected chi connectivity index (χ1v) is 19.9. The van der Waals surface area contributed by atoms with Crippen molar-refractivity contribution in [2.45, 2.75) is 123 Å². The van der Waals surface area contributed by atoms with E-state index in [0.29, 0.717) is 17.8 Å². The van der Waals surface area contributed by atoms with E-state index in [1.165, 1.54) is 18.7 Å². The summed E-state index contributed by atoms with van der Waals surface area (Å²) in [5.74, 6) is -10.7. The Balaban J connectivity index is 0.00000462. The van der Waals surface area contributed by atoms with Crippen LogP contribution < -0.4 is 10.2 Å². The standard InChI is InChI=1S/C39H52N2O8.3C2H6/c1-10-37(4,5)30-28(33(44)41(34(30)45)26-19-15-12-16-20-26)22-39(8,9)31(36(48)49)27(32(43)40-25-17-13-11-14-18-25)21-38(6,7)29(35(46)47)23(2)24(3)42;3*1-2/h11-20,23,27-31H,10,21-22H2,1-9H3,(H,40,43)(H,46,47)(H,48,49);3*1-2H3. The molecule has 1 aliphatic heterocycles. The van der Waals surface area contributed by atoms with E-state index >= 15 is 0 Å². The fourth-order valence-corrected chi connectivity index (χ4v) is 7.88. The average Bonchev–Trinajstić information content (AvgIpc) is 3.38. The Kier molecular flexibility index (Phi) is 20.5. The smallest absolute Gasteiger partial charge is 0.307 e. The maximum Gasteiger partial charge on any atom is 0.307 e. The van der Waals surface area contributed by atoms with Crippen LogP contribution >= 0.6 is 0 Å². The number of carbonyl (C=O) groups is 6. The lowest BCUT2D eigenvalue weighted by molar-refractivity contribution is -0.157. The van der Waals surface area contributed by atoms with Crippen LogP contribution in [0.4, 0.5) is 11.4 Å². The molecule has 1 fully saturated rings. The maximum atomic E-state index is 14.2. The topological polar surface area (TPSA) is 158 Å². The predicted molar refractivity (Wildman–Crippen MR) is 221 cm³/mol. The molecule has 0 saturated carbocycles. The van der Waals surface area contributed by atoms with Gasteiger partial charge in [0.2, 0.25) is 17.7 Å². The van der Waals surface area contributed by atoms with Gasteiger partial charge in [0.05, 0.1) is 35.3 Å². The second kappa shape index (κ2) is 22.3. The van der Waals surface area contributed by atoms with Crippen molar-refractivity contribution in [3.05, 3.63) is 60.7 Å². The molecule has 308 valence electrons. The van der Waals surface area contributed by atoms with Gasteiger partial charge in [0.1, 0.15) is 5.78 Å². The first-order chi connectivity index (χ1) is 25.7. The zero-order valence-corrected chi connectivity index (χ0v) is 36.2. The zero-order valence-electron chi connectivity index (χ0n) is 36.2. The number of hydrogen-bond acceptors (Lipinski definition) is 6. The second-order valence-electron chi connectivity index (χ2n) is 15.7. The fourth-order valence-electron chi connectivity index (χ4n) is 7.88. The first kappa shape index (κ1) is 50.7. The van der Waals surface area contributed by atoms with Crippen LogP contribution in [0, 0.1) is 51.8 Å². The van der Waals surface area contributed by atoms with Crippen LogP contribution in [-0.2, 0) is 28.8 Å². The Labute approximate surface area is 330 Å². The lowest BCUT2D eigenvalue weighted by atomic mass is 9.59. The molecule has 2 aromatic rings. The molecule has 2 aromatic carbocycles. The summed E-state index contributed by atoms with van der Waals surface area (Å²) in [4.78, 5) is 82.1. The Morgan fingerprint density at radius 3 is 1.60 bits per heavy atom. The predicted octanol–water partition coefficient (Wildman–Crippen LogP) is 10.0. The molecule has 0 bridgehead atoms. The number of aliphatic carboxylic acids is 2. The van der Waals surface area contributed by atoms with Gasteiger partial charge in [-0.15, -0.1) is 0 Å². The van der Waals surface area contributed by atoms with Crippen LogP contribution in [-0.4, -0.2) is 45.7 Å². The summed E-state index contributed by atoms with van der Waals surface area (Å²) in [6.07, 6.45) is 0.381. The van der Waals surface area contributed by atoms with Crippen LogP contribution in [0.1, 0.15) is 123 Å². The van der Waals surface area contributed by atoms with Crippen molar-refractivity contribution in [1.29, 1.82) is 0 Å². The second-order valence-corrected chi connectivity index (χ2v) is 15.7. The van der Waals surface area contributed by atoms with Crippen LogP contribution in [0.15, 0.2) is 60.7 Å².